The second-order valence-electron chi connectivity index (χ2n) is 23.3. The zero-order valence-electron chi connectivity index (χ0n) is 60.6. The standard InChI is InChI=1S/C74H80N6O28/c1-41(81)95-29-52-19-56(33-98-44(4)84)66(57(20-52)34-99-45(5)85)77-72(92)106-32-55-25-62(39-107-73(93)79-67-58(35-100-46(6)86)21-53(30-96-42(2)82)22-59(67)36-101-47(7)87)69(78-71(91)105-28-51-13-17-65(18-14-51)76-70(90)104-27-50-11-15-64(75-10)16-12-50)63(26-55)40-108-74(94)80-68-60(37-102-48(8)88)23-54(31-97-43(3)83)24-61(68)38-103-49(9)89/h11-26,75H,27-40H2,1-10H3,(H,76,90)(H,77,92)(H,78,91)(H,79,93)(H,80,94). The minimum Gasteiger partial charge on any atom is -0.461 e. The molecule has 5 amide bonds. The Morgan fingerprint density at radius 1 is 0.213 bits per heavy atom. The lowest BCUT2D eigenvalue weighted by atomic mass is 10.0. The fraction of sp³-hybridized carbons (Fsp3) is 0.324. The molecule has 0 heterocycles. The van der Waals surface area contributed by atoms with Crippen molar-refractivity contribution in [3.63, 3.8) is 0 Å². The Morgan fingerprint density at radius 3 is 0.593 bits per heavy atom. The lowest BCUT2D eigenvalue weighted by molar-refractivity contribution is -0.143. The van der Waals surface area contributed by atoms with Crippen LogP contribution >= 0.6 is 0 Å². The van der Waals surface area contributed by atoms with Crippen molar-refractivity contribution >= 4 is 118 Å². The van der Waals surface area contributed by atoms with Crippen molar-refractivity contribution < 1.29 is 133 Å². The number of carbonyl (C=O) groups excluding carboxylic acids is 14. The Kier molecular flexibility index (Phi) is 32.4. The van der Waals surface area contributed by atoms with Crippen molar-refractivity contribution in [1.29, 1.82) is 0 Å². The average Bonchev–Trinajstić information content (AvgIpc) is 0.825. The molecule has 0 bridgehead atoms. The Labute approximate surface area is 618 Å². The normalized spacial score (nSPS) is 10.4. The molecule has 0 aromatic heterocycles. The molecule has 0 fully saturated rings. The summed E-state index contributed by atoms with van der Waals surface area (Å²) in [5.41, 5.74) is 3.23. The van der Waals surface area contributed by atoms with Crippen LogP contribution in [0.1, 0.15) is 140 Å². The minimum atomic E-state index is -1.24. The van der Waals surface area contributed by atoms with Gasteiger partial charge in [0, 0.05) is 125 Å². The third-order valence-electron chi connectivity index (χ3n) is 14.5. The highest BCUT2D eigenvalue weighted by atomic mass is 16.6. The number of hydrogen-bond acceptors (Lipinski definition) is 29. The molecule has 6 N–H and O–H groups in total. The van der Waals surface area contributed by atoms with Gasteiger partial charge in [-0.2, -0.15) is 0 Å². The number of esters is 9. The first kappa shape index (κ1) is 83.6. The summed E-state index contributed by atoms with van der Waals surface area (Å²) in [5.74, 6) is -6.33. The van der Waals surface area contributed by atoms with E-state index in [1.165, 1.54) is 93.6 Å². The number of benzene rings is 6. The van der Waals surface area contributed by atoms with Gasteiger partial charge in [0.2, 0.25) is 0 Å². The van der Waals surface area contributed by atoms with Gasteiger partial charge in [-0.3, -0.25) is 69.7 Å². The zero-order chi connectivity index (χ0) is 79.0. The lowest BCUT2D eigenvalue weighted by Gasteiger charge is -2.21. The predicted octanol–water partition coefficient (Wildman–Crippen LogP) is 11.0. The van der Waals surface area contributed by atoms with Crippen LogP contribution in [0, 0.1) is 0 Å². The number of amides is 5. The van der Waals surface area contributed by atoms with E-state index in [1.54, 1.807) is 19.2 Å². The molecule has 108 heavy (non-hydrogen) atoms. The molecule has 6 aromatic carbocycles. The topological polar surface area (TPSA) is 440 Å². The molecule has 0 saturated heterocycles. The maximum absolute atomic E-state index is 14.3. The molecular formula is C74H80N6O28. The predicted molar refractivity (Wildman–Crippen MR) is 376 cm³/mol. The Balaban J connectivity index is 1.44. The fourth-order valence-corrected chi connectivity index (χ4v) is 9.77. The summed E-state index contributed by atoms with van der Waals surface area (Å²) in [5, 5.41) is 16.0. The van der Waals surface area contributed by atoms with Gasteiger partial charge in [0.15, 0.2) is 0 Å². The minimum absolute atomic E-state index is 0.0197. The molecule has 0 aliphatic rings. The van der Waals surface area contributed by atoms with Gasteiger partial charge in [0.25, 0.3) is 0 Å². The van der Waals surface area contributed by atoms with Crippen molar-refractivity contribution in [3.8, 4) is 0 Å². The molecular weight excluding hydrogens is 1420 g/mol. The molecule has 0 saturated carbocycles. The van der Waals surface area contributed by atoms with E-state index in [9.17, 15) is 67.1 Å². The third-order valence-corrected chi connectivity index (χ3v) is 14.5. The van der Waals surface area contributed by atoms with Crippen LogP contribution in [0.15, 0.2) is 97.1 Å². The summed E-state index contributed by atoms with van der Waals surface area (Å²) >= 11 is 0. The highest BCUT2D eigenvalue weighted by molar-refractivity contribution is 5.91. The van der Waals surface area contributed by atoms with Crippen molar-refractivity contribution in [2.75, 3.05) is 38.9 Å². The van der Waals surface area contributed by atoms with Crippen LogP contribution in [0.2, 0.25) is 0 Å². The lowest BCUT2D eigenvalue weighted by Crippen LogP contribution is -2.21. The molecule has 6 aromatic rings. The summed E-state index contributed by atoms with van der Waals surface area (Å²) in [6.07, 6.45) is -5.60. The Morgan fingerprint density at radius 2 is 0.380 bits per heavy atom. The second kappa shape index (κ2) is 41.9. The Bertz CT molecular complexity index is 4070. The Hall–Kier alpha value is -13.3. The van der Waals surface area contributed by atoms with Crippen LogP contribution in [-0.2, 0) is 202 Å². The SMILES string of the molecule is CNc1ccc(COC(=O)Nc2ccc(COC(=O)Nc3c(COC(=O)Nc4c(COC(C)=O)cc(COC(C)=O)cc4COC(C)=O)cc(COC(=O)Nc4c(COC(C)=O)cc(COC(C)=O)cc4COC(C)=O)cc3COC(=O)Nc3c(COC(C)=O)cc(COC(C)=O)cc3COC(C)=O)cc2)cc1. The van der Waals surface area contributed by atoms with Gasteiger partial charge >= 0.3 is 84.2 Å². The number of rotatable bonds is 34. The summed E-state index contributed by atoms with van der Waals surface area (Å²) in [4.78, 5) is 178. The summed E-state index contributed by atoms with van der Waals surface area (Å²) in [6.45, 7) is 3.71. The summed E-state index contributed by atoms with van der Waals surface area (Å²) in [6, 6.07) is 24.6. The largest absolute Gasteiger partial charge is 0.461 e. The highest BCUT2D eigenvalue weighted by Crippen LogP contribution is 2.33. The third kappa shape index (κ3) is 29.4. The zero-order valence-corrected chi connectivity index (χ0v) is 60.6. The molecule has 0 radical (unpaired) electrons. The number of ether oxygens (including phenoxy) is 14. The van der Waals surface area contributed by atoms with E-state index < -0.39 is 150 Å². The average molecular weight is 1500 g/mol. The summed E-state index contributed by atoms with van der Waals surface area (Å²) in [7, 11) is 1.77. The van der Waals surface area contributed by atoms with Crippen LogP contribution in [0.4, 0.5) is 58.1 Å². The van der Waals surface area contributed by atoms with Gasteiger partial charge in [0.05, 0.1) is 22.7 Å². The molecule has 0 unspecified atom stereocenters. The van der Waals surface area contributed by atoms with Crippen LogP contribution in [0.3, 0.4) is 0 Å². The molecule has 0 atom stereocenters. The smallest absolute Gasteiger partial charge is 0.411 e. The number of nitrogens with one attached hydrogen (secondary N) is 6. The van der Waals surface area contributed by atoms with Crippen LogP contribution in [0.5, 0.6) is 0 Å². The maximum atomic E-state index is 14.3. The van der Waals surface area contributed by atoms with Crippen molar-refractivity contribution in [1.82, 2.24) is 0 Å². The van der Waals surface area contributed by atoms with E-state index in [0.717, 1.165) is 52.8 Å². The first-order valence-electron chi connectivity index (χ1n) is 32.7. The van der Waals surface area contributed by atoms with Crippen molar-refractivity contribution in [2.45, 2.75) is 155 Å². The number of anilines is 6. The van der Waals surface area contributed by atoms with Crippen LogP contribution in [0.25, 0.3) is 0 Å². The second-order valence-corrected chi connectivity index (χ2v) is 23.3. The van der Waals surface area contributed by atoms with Crippen molar-refractivity contribution in [3.05, 3.63) is 175 Å². The van der Waals surface area contributed by atoms with E-state index in [4.69, 9.17) is 66.3 Å². The fourth-order valence-electron chi connectivity index (χ4n) is 9.77. The van der Waals surface area contributed by atoms with Gasteiger partial charge in [-0.15, -0.1) is 0 Å². The van der Waals surface area contributed by atoms with Gasteiger partial charge < -0.3 is 71.6 Å². The van der Waals surface area contributed by atoms with Gasteiger partial charge in [0.1, 0.15) is 92.5 Å². The van der Waals surface area contributed by atoms with Crippen molar-refractivity contribution in [2.24, 2.45) is 0 Å². The van der Waals surface area contributed by atoms with Crippen LogP contribution in [-0.4, -0.2) is 91.2 Å². The van der Waals surface area contributed by atoms with E-state index >= 15 is 0 Å². The summed E-state index contributed by atoms with van der Waals surface area (Å²) < 4.78 is 75.9. The molecule has 574 valence electrons. The van der Waals surface area contributed by atoms with E-state index in [0.29, 0.717) is 27.9 Å². The van der Waals surface area contributed by atoms with Crippen LogP contribution < -0.4 is 31.9 Å². The van der Waals surface area contributed by atoms with E-state index in [2.05, 4.69) is 31.9 Å². The number of carbonyl (C=O) groups is 14. The monoisotopic (exact) mass is 1500 g/mol. The molecule has 0 aliphatic heterocycles. The van der Waals surface area contributed by atoms with Gasteiger partial charge in [-0.25, -0.2) is 24.0 Å². The number of hydrogen-bond donors (Lipinski definition) is 6. The maximum Gasteiger partial charge on any atom is 0.411 e. The van der Waals surface area contributed by atoms with Gasteiger partial charge in [-0.1, -0.05) is 24.3 Å². The highest BCUT2D eigenvalue weighted by Gasteiger charge is 2.25. The first-order valence-corrected chi connectivity index (χ1v) is 32.7. The van der Waals surface area contributed by atoms with Gasteiger partial charge in [-0.05, 0) is 106 Å². The molecule has 34 nitrogen and oxygen atoms in total. The first-order chi connectivity index (χ1) is 51.4. The molecule has 0 aliphatic carbocycles. The quantitative estimate of drug-likeness (QED) is 0.0161. The molecule has 34 heteroatoms. The van der Waals surface area contributed by atoms with E-state index in [1.807, 2.05) is 12.1 Å². The molecule has 6 rings (SSSR count). The van der Waals surface area contributed by atoms with E-state index in [-0.39, 0.29) is 99.2 Å². The molecule has 0 spiro atoms.